The summed E-state index contributed by atoms with van der Waals surface area (Å²) < 4.78 is 10.6. The van der Waals surface area contributed by atoms with Crippen LogP contribution in [0.25, 0.3) is 6.08 Å². The Morgan fingerprint density at radius 3 is 2.48 bits per heavy atom. The van der Waals surface area contributed by atoms with Gasteiger partial charge in [0.05, 0.1) is 20.3 Å². The van der Waals surface area contributed by atoms with Crippen LogP contribution in [0, 0.1) is 13.8 Å². The number of benzene rings is 2. The average Bonchev–Trinajstić information content (AvgIpc) is 2.74. The van der Waals surface area contributed by atoms with Crippen molar-refractivity contribution in [2.24, 2.45) is 0 Å². The molecule has 1 unspecified atom stereocenters. The van der Waals surface area contributed by atoms with Crippen LogP contribution in [-0.2, 0) is 9.59 Å². The van der Waals surface area contributed by atoms with E-state index in [1.165, 1.54) is 17.1 Å². The molecule has 1 aliphatic rings. The highest BCUT2D eigenvalue weighted by molar-refractivity contribution is 6.07. The summed E-state index contributed by atoms with van der Waals surface area (Å²) in [6.07, 6.45) is 6.99. The van der Waals surface area contributed by atoms with E-state index in [0.717, 1.165) is 33.8 Å². The minimum atomic E-state index is -0.350. The molecule has 0 fully saturated rings. The molecule has 150 valence electrons. The van der Waals surface area contributed by atoms with E-state index >= 15 is 0 Å². The highest BCUT2D eigenvalue weighted by atomic mass is 16.5. The maximum absolute atomic E-state index is 12.9. The van der Waals surface area contributed by atoms with Gasteiger partial charge in [0, 0.05) is 6.08 Å². The molecule has 0 spiro atoms. The van der Waals surface area contributed by atoms with Crippen molar-refractivity contribution in [3.63, 3.8) is 0 Å². The molecule has 2 amide bonds. The smallest absolute Gasteiger partial charge is 0.254 e. The number of aryl methyl sites for hydroxylation is 1. The molecule has 5 heteroatoms. The van der Waals surface area contributed by atoms with E-state index in [1.54, 1.807) is 26.4 Å². The first-order valence-electron chi connectivity index (χ1n) is 9.45. The highest BCUT2D eigenvalue weighted by Crippen LogP contribution is 2.30. The number of methoxy groups -OCH3 is 2. The van der Waals surface area contributed by atoms with Crippen LogP contribution < -0.4 is 9.47 Å². The second-order valence-corrected chi connectivity index (χ2v) is 6.97. The summed E-state index contributed by atoms with van der Waals surface area (Å²) in [4.78, 5) is 26.7. The van der Waals surface area contributed by atoms with Crippen LogP contribution >= 0.6 is 0 Å². The van der Waals surface area contributed by atoms with Crippen molar-refractivity contribution in [1.82, 2.24) is 4.90 Å². The third-order valence-electron chi connectivity index (χ3n) is 5.19. The van der Waals surface area contributed by atoms with Gasteiger partial charge in [-0.1, -0.05) is 24.3 Å². The van der Waals surface area contributed by atoms with Crippen LogP contribution in [0.15, 0.2) is 54.6 Å². The fourth-order valence-corrected chi connectivity index (χ4v) is 3.42. The number of hydrogen-bond acceptors (Lipinski definition) is 4. The lowest BCUT2D eigenvalue weighted by atomic mass is 9.98. The SMILES string of the molecule is COc1ccc(C2CC=CC(=O)N2C(=O)/C=C/c2cc(C)c(C)c(OC)c2)cc1. The topological polar surface area (TPSA) is 55.8 Å². The van der Waals surface area contributed by atoms with E-state index in [2.05, 4.69) is 0 Å². The van der Waals surface area contributed by atoms with Crippen molar-refractivity contribution in [3.8, 4) is 11.5 Å². The zero-order valence-corrected chi connectivity index (χ0v) is 17.1. The summed E-state index contributed by atoms with van der Waals surface area (Å²) in [6, 6.07) is 11.0. The predicted octanol–water partition coefficient (Wildman–Crippen LogP) is 4.39. The Morgan fingerprint density at radius 2 is 1.83 bits per heavy atom. The number of carbonyl (C=O) groups excluding carboxylic acids is 2. The Hall–Kier alpha value is -3.34. The van der Waals surface area contributed by atoms with Gasteiger partial charge >= 0.3 is 0 Å². The van der Waals surface area contributed by atoms with Gasteiger partial charge in [0.15, 0.2) is 0 Å². The standard InChI is InChI=1S/C24H25NO4/c1-16-14-18(15-22(29-4)17(16)2)8-13-24(27)25-21(6-5-7-23(25)26)19-9-11-20(28-3)12-10-19/h5,7-15,21H,6H2,1-4H3/b13-8+. The molecular formula is C24H25NO4. The van der Waals surface area contributed by atoms with Gasteiger partial charge in [-0.2, -0.15) is 0 Å². The second-order valence-electron chi connectivity index (χ2n) is 6.97. The number of imide groups is 1. The second kappa shape index (κ2) is 8.78. The monoisotopic (exact) mass is 391 g/mol. The van der Waals surface area contributed by atoms with E-state index in [9.17, 15) is 9.59 Å². The number of hydrogen-bond donors (Lipinski definition) is 0. The normalized spacial score (nSPS) is 16.3. The summed E-state index contributed by atoms with van der Waals surface area (Å²) in [7, 11) is 3.23. The van der Waals surface area contributed by atoms with E-state index in [0.29, 0.717) is 6.42 Å². The highest BCUT2D eigenvalue weighted by Gasteiger charge is 2.30. The molecule has 0 saturated carbocycles. The van der Waals surface area contributed by atoms with Crippen molar-refractivity contribution in [2.45, 2.75) is 26.3 Å². The first kappa shape index (κ1) is 20.4. The first-order valence-corrected chi connectivity index (χ1v) is 9.45. The maximum Gasteiger partial charge on any atom is 0.254 e. The molecule has 2 aromatic carbocycles. The fraction of sp³-hybridized carbons (Fsp3) is 0.250. The molecule has 5 nitrogen and oxygen atoms in total. The number of amides is 2. The van der Waals surface area contributed by atoms with Crippen molar-refractivity contribution in [1.29, 1.82) is 0 Å². The third kappa shape index (κ3) is 4.40. The summed E-state index contributed by atoms with van der Waals surface area (Å²) in [5.74, 6) is 0.833. The van der Waals surface area contributed by atoms with Crippen molar-refractivity contribution in [2.75, 3.05) is 14.2 Å². The van der Waals surface area contributed by atoms with Gasteiger partial charge < -0.3 is 9.47 Å². The summed E-state index contributed by atoms with van der Waals surface area (Å²) in [5.41, 5.74) is 3.87. The molecule has 0 radical (unpaired) electrons. The Balaban J connectivity index is 1.86. The molecule has 0 saturated heterocycles. The van der Waals surface area contributed by atoms with E-state index < -0.39 is 0 Å². The van der Waals surface area contributed by atoms with Gasteiger partial charge in [-0.05, 0) is 72.9 Å². The lowest BCUT2D eigenvalue weighted by Crippen LogP contribution is -2.39. The lowest BCUT2D eigenvalue weighted by molar-refractivity contribution is -0.142. The largest absolute Gasteiger partial charge is 0.497 e. The number of rotatable bonds is 5. The Bertz CT molecular complexity index is 973. The van der Waals surface area contributed by atoms with Crippen LogP contribution in [0.5, 0.6) is 11.5 Å². The van der Waals surface area contributed by atoms with E-state index in [1.807, 2.05) is 50.2 Å². The van der Waals surface area contributed by atoms with Gasteiger partial charge in [-0.25, -0.2) is 0 Å². The Labute approximate surface area is 171 Å². The predicted molar refractivity (Wildman–Crippen MR) is 113 cm³/mol. The molecule has 0 bridgehead atoms. The molecule has 1 heterocycles. The fourth-order valence-electron chi connectivity index (χ4n) is 3.42. The minimum absolute atomic E-state index is 0.315. The van der Waals surface area contributed by atoms with Gasteiger partial charge in [-0.15, -0.1) is 0 Å². The van der Waals surface area contributed by atoms with Gasteiger partial charge in [0.1, 0.15) is 11.5 Å². The van der Waals surface area contributed by atoms with Crippen LogP contribution in [-0.4, -0.2) is 30.9 Å². The van der Waals surface area contributed by atoms with Crippen molar-refractivity contribution in [3.05, 3.63) is 76.9 Å². The summed E-state index contributed by atoms with van der Waals surface area (Å²) in [6.45, 7) is 3.99. The molecule has 29 heavy (non-hydrogen) atoms. The number of nitrogens with zero attached hydrogens (tertiary/aromatic N) is 1. The van der Waals surface area contributed by atoms with Crippen LogP contribution in [0.2, 0.25) is 0 Å². The van der Waals surface area contributed by atoms with Crippen LogP contribution in [0.3, 0.4) is 0 Å². The van der Waals surface area contributed by atoms with Gasteiger partial charge in [-0.3, -0.25) is 14.5 Å². The molecule has 1 atom stereocenters. The number of ether oxygens (including phenoxy) is 2. The minimum Gasteiger partial charge on any atom is -0.497 e. The molecule has 1 aliphatic heterocycles. The van der Waals surface area contributed by atoms with Gasteiger partial charge in [0.25, 0.3) is 11.8 Å². The maximum atomic E-state index is 12.9. The first-order chi connectivity index (χ1) is 13.9. The van der Waals surface area contributed by atoms with Crippen LogP contribution in [0.1, 0.15) is 34.7 Å². The third-order valence-corrected chi connectivity index (χ3v) is 5.19. The zero-order valence-electron chi connectivity index (χ0n) is 17.1. The molecule has 0 aliphatic carbocycles. The van der Waals surface area contributed by atoms with Crippen molar-refractivity contribution >= 4 is 17.9 Å². The Morgan fingerprint density at radius 1 is 1.10 bits per heavy atom. The molecule has 0 N–H and O–H groups in total. The quantitative estimate of drug-likeness (QED) is 0.710. The van der Waals surface area contributed by atoms with Gasteiger partial charge in [0.2, 0.25) is 0 Å². The van der Waals surface area contributed by atoms with Crippen molar-refractivity contribution < 1.29 is 19.1 Å². The molecule has 3 rings (SSSR count). The van der Waals surface area contributed by atoms with E-state index in [4.69, 9.17) is 9.47 Å². The molecule has 2 aromatic rings. The number of carbonyl (C=O) groups is 2. The summed E-state index contributed by atoms with van der Waals surface area (Å²) in [5, 5.41) is 0. The zero-order chi connectivity index (χ0) is 21.0. The van der Waals surface area contributed by atoms with Crippen LogP contribution in [0.4, 0.5) is 0 Å². The summed E-state index contributed by atoms with van der Waals surface area (Å²) >= 11 is 0. The average molecular weight is 391 g/mol. The van der Waals surface area contributed by atoms with E-state index in [-0.39, 0.29) is 17.9 Å². The molecule has 0 aromatic heterocycles. The molecular weight excluding hydrogens is 366 g/mol. The lowest BCUT2D eigenvalue weighted by Gasteiger charge is -2.30. The Kier molecular flexibility index (Phi) is 6.17.